The molecule has 0 aliphatic heterocycles. The Labute approximate surface area is 58.3 Å². The van der Waals surface area contributed by atoms with E-state index in [0.29, 0.717) is 0 Å². The van der Waals surface area contributed by atoms with E-state index in [0.717, 1.165) is 0 Å². The molecule has 2 unspecified atom stereocenters. The van der Waals surface area contributed by atoms with E-state index in [1.54, 1.807) is 0 Å². The molecule has 0 aromatic rings. The van der Waals surface area contributed by atoms with Gasteiger partial charge in [-0.3, -0.25) is 4.79 Å². The van der Waals surface area contributed by atoms with Crippen molar-refractivity contribution in [3.8, 4) is 0 Å². The second-order valence-electron chi connectivity index (χ2n) is 2.06. The van der Waals surface area contributed by atoms with Crippen LogP contribution in [0.15, 0.2) is 24.3 Å². The summed E-state index contributed by atoms with van der Waals surface area (Å²) in [5.74, 6) is -0.579. The second-order valence-corrected chi connectivity index (χ2v) is 2.06. The zero-order valence-corrected chi connectivity index (χ0v) is 5.27. The molecule has 0 aromatic heterocycles. The summed E-state index contributed by atoms with van der Waals surface area (Å²) in [5.41, 5.74) is 0. The summed E-state index contributed by atoms with van der Waals surface area (Å²) >= 11 is 0. The van der Waals surface area contributed by atoms with Crippen molar-refractivity contribution in [1.82, 2.24) is 0 Å². The van der Waals surface area contributed by atoms with Crippen LogP contribution in [0.2, 0.25) is 0 Å². The molecule has 1 rings (SSSR count). The van der Waals surface area contributed by atoms with Crippen LogP contribution in [0.4, 0.5) is 0 Å². The Morgan fingerprint density at radius 1 is 1.10 bits per heavy atom. The molecule has 2 N–H and O–H groups in total. The van der Waals surface area contributed by atoms with Crippen molar-refractivity contribution in [1.29, 1.82) is 0 Å². The molecule has 0 spiro atoms. The molecular formula is C7H8O3. The highest BCUT2D eigenvalue weighted by molar-refractivity contribution is 5.90. The lowest BCUT2D eigenvalue weighted by atomic mass is 10.1. The van der Waals surface area contributed by atoms with Gasteiger partial charge in [-0.2, -0.15) is 0 Å². The van der Waals surface area contributed by atoms with Crippen molar-refractivity contribution in [2.24, 2.45) is 0 Å². The predicted molar refractivity (Wildman–Crippen MR) is 35.3 cm³/mol. The Hall–Kier alpha value is -0.930. The largest absolute Gasteiger partial charge is 0.381 e. The zero-order valence-electron chi connectivity index (χ0n) is 5.27. The SMILES string of the molecule is O=C1C(O)C=CC=CC1O. The van der Waals surface area contributed by atoms with Gasteiger partial charge >= 0.3 is 0 Å². The van der Waals surface area contributed by atoms with Gasteiger partial charge < -0.3 is 10.2 Å². The highest BCUT2D eigenvalue weighted by Crippen LogP contribution is 2.01. The Balaban J connectivity index is 2.79. The van der Waals surface area contributed by atoms with Crippen molar-refractivity contribution >= 4 is 5.78 Å². The van der Waals surface area contributed by atoms with Gasteiger partial charge in [0.2, 0.25) is 0 Å². The van der Waals surface area contributed by atoms with E-state index < -0.39 is 18.0 Å². The van der Waals surface area contributed by atoms with Crippen LogP contribution in [0.5, 0.6) is 0 Å². The Kier molecular flexibility index (Phi) is 1.99. The van der Waals surface area contributed by atoms with E-state index in [1.807, 2.05) is 0 Å². The third kappa shape index (κ3) is 1.32. The average Bonchev–Trinajstić information content (AvgIpc) is 2.04. The number of rotatable bonds is 0. The predicted octanol–water partition coefficient (Wildman–Crippen LogP) is -0.597. The van der Waals surface area contributed by atoms with Gasteiger partial charge in [0, 0.05) is 0 Å². The Morgan fingerprint density at radius 3 is 1.90 bits per heavy atom. The molecule has 0 aromatic carbocycles. The van der Waals surface area contributed by atoms with Gasteiger partial charge in [0.25, 0.3) is 0 Å². The van der Waals surface area contributed by atoms with Gasteiger partial charge in [0.15, 0.2) is 5.78 Å². The highest BCUT2D eigenvalue weighted by atomic mass is 16.3. The molecular weight excluding hydrogens is 132 g/mol. The summed E-state index contributed by atoms with van der Waals surface area (Å²) in [4.78, 5) is 10.7. The van der Waals surface area contributed by atoms with Gasteiger partial charge in [0.05, 0.1) is 0 Å². The molecule has 1 aliphatic rings. The molecule has 0 bridgehead atoms. The molecule has 0 amide bonds. The molecule has 0 heterocycles. The lowest BCUT2D eigenvalue weighted by Crippen LogP contribution is -2.28. The topological polar surface area (TPSA) is 57.5 Å². The maximum absolute atomic E-state index is 10.7. The van der Waals surface area contributed by atoms with Crippen molar-refractivity contribution in [2.75, 3.05) is 0 Å². The van der Waals surface area contributed by atoms with E-state index in [-0.39, 0.29) is 0 Å². The molecule has 0 radical (unpaired) electrons. The first-order valence-electron chi connectivity index (χ1n) is 2.96. The van der Waals surface area contributed by atoms with Crippen molar-refractivity contribution in [3.63, 3.8) is 0 Å². The van der Waals surface area contributed by atoms with Crippen LogP contribution in [-0.4, -0.2) is 28.2 Å². The fourth-order valence-electron chi connectivity index (χ4n) is 0.703. The number of hydrogen-bond donors (Lipinski definition) is 2. The van der Waals surface area contributed by atoms with E-state index in [4.69, 9.17) is 10.2 Å². The lowest BCUT2D eigenvalue weighted by molar-refractivity contribution is -0.131. The van der Waals surface area contributed by atoms with E-state index in [1.165, 1.54) is 24.3 Å². The van der Waals surface area contributed by atoms with Crippen LogP contribution in [0, 0.1) is 0 Å². The van der Waals surface area contributed by atoms with Gasteiger partial charge in [-0.15, -0.1) is 0 Å². The van der Waals surface area contributed by atoms with Crippen molar-refractivity contribution < 1.29 is 15.0 Å². The Morgan fingerprint density at radius 2 is 1.50 bits per heavy atom. The van der Waals surface area contributed by atoms with E-state index >= 15 is 0 Å². The number of allylic oxidation sites excluding steroid dienone is 2. The summed E-state index contributed by atoms with van der Waals surface area (Å²) in [6.07, 6.45) is 3.39. The lowest BCUT2D eigenvalue weighted by Gasteiger charge is -2.04. The van der Waals surface area contributed by atoms with Gasteiger partial charge in [0.1, 0.15) is 12.2 Å². The minimum Gasteiger partial charge on any atom is -0.381 e. The standard InChI is InChI=1S/C7H8O3/c8-5-3-1-2-4-6(9)7(5)10/h1-6,8-9H. The molecule has 10 heavy (non-hydrogen) atoms. The first-order chi connectivity index (χ1) is 4.72. The van der Waals surface area contributed by atoms with E-state index in [9.17, 15) is 4.79 Å². The summed E-state index contributed by atoms with van der Waals surface area (Å²) in [6.45, 7) is 0. The average molecular weight is 140 g/mol. The molecule has 2 atom stereocenters. The van der Waals surface area contributed by atoms with Crippen molar-refractivity contribution in [2.45, 2.75) is 12.2 Å². The smallest absolute Gasteiger partial charge is 0.197 e. The number of carbonyl (C=O) groups is 1. The number of ketones is 1. The molecule has 0 saturated heterocycles. The molecule has 54 valence electrons. The highest BCUT2D eigenvalue weighted by Gasteiger charge is 2.19. The normalized spacial score (nSPS) is 32.4. The number of aliphatic hydroxyl groups is 2. The van der Waals surface area contributed by atoms with Crippen LogP contribution in [0.1, 0.15) is 0 Å². The number of aliphatic hydroxyl groups excluding tert-OH is 2. The number of hydrogen-bond acceptors (Lipinski definition) is 3. The first-order valence-corrected chi connectivity index (χ1v) is 2.96. The minimum atomic E-state index is -1.16. The van der Waals surface area contributed by atoms with Gasteiger partial charge in [-0.25, -0.2) is 0 Å². The third-order valence-corrected chi connectivity index (χ3v) is 1.28. The number of Topliss-reactive ketones (excluding diaryl/α,β-unsaturated/α-hetero) is 1. The van der Waals surface area contributed by atoms with Crippen LogP contribution in [0.25, 0.3) is 0 Å². The third-order valence-electron chi connectivity index (χ3n) is 1.28. The van der Waals surface area contributed by atoms with Crippen LogP contribution in [-0.2, 0) is 4.79 Å². The van der Waals surface area contributed by atoms with E-state index in [2.05, 4.69) is 0 Å². The Bertz CT molecular complexity index is 173. The first kappa shape index (κ1) is 7.18. The quantitative estimate of drug-likeness (QED) is 0.472. The van der Waals surface area contributed by atoms with Crippen LogP contribution < -0.4 is 0 Å². The van der Waals surface area contributed by atoms with Crippen molar-refractivity contribution in [3.05, 3.63) is 24.3 Å². The summed E-state index contributed by atoms with van der Waals surface area (Å²) in [7, 11) is 0. The maximum atomic E-state index is 10.7. The van der Waals surface area contributed by atoms with Gasteiger partial charge in [-0.1, -0.05) is 12.2 Å². The van der Waals surface area contributed by atoms with Crippen LogP contribution in [0.3, 0.4) is 0 Å². The zero-order chi connectivity index (χ0) is 7.56. The second kappa shape index (κ2) is 2.77. The maximum Gasteiger partial charge on any atom is 0.197 e. The molecule has 1 aliphatic carbocycles. The fraction of sp³-hybridized carbons (Fsp3) is 0.286. The molecule has 3 heteroatoms. The monoisotopic (exact) mass is 140 g/mol. The molecule has 0 saturated carbocycles. The van der Waals surface area contributed by atoms with Crippen LogP contribution >= 0.6 is 0 Å². The fourth-order valence-corrected chi connectivity index (χ4v) is 0.703. The summed E-state index contributed by atoms with van der Waals surface area (Å²) in [5, 5.41) is 17.8. The summed E-state index contributed by atoms with van der Waals surface area (Å²) in [6, 6.07) is 0. The summed E-state index contributed by atoms with van der Waals surface area (Å²) < 4.78 is 0. The minimum absolute atomic E-state index is 0.579. The molecule has 3 nitrogen and oxygen atoms in total. The number of carbonyl (C=O) groups excluding carboxylic acids is 1. The molecule has 0 fully saturated rings. The van der Waals surface area contributed by atoms with Gasteiger partial charge in [-0.05, 0) is 12.2 Å².